The third-order valence-electron chi connectivity index (χ3n) is 4.03. The summed E-state index contributed by atoms with van der Waals surface area (Å²) < 4.78 is 5.31. The topological polar surface area (TPSA) is 59.6 Å². The van der Waals surface area contributed by atoms with Gasteiger partial charge in [-0.25, -0.2) is 4.99 Å². The number of nitrogens with zero attached hydrogens (tertiary/aromatic N) is 1. The number of ether oxygens (including phenoxy) is 1. The first-order valence-corrected chi connectivity index (χ1v) is 7.99. The summed E-state index contributed by atoms with van der Waals surface area (Å²) in [6.07, 6.45) is 1.06. The van der Waals surface area contributed by atoms with E-state index in [1.165, 1.54) is 5.56 Å². The fraction of sp³-hybridized carbons (Fsp3) is 0.278. The molecule has 0 bridgehead atoms. The van der Waals surface area contributed by atoms with Crippen molar-refractivity contribution < 1.29 is 4.74 Å². The molecular formula is C18H21ClIN3O. The Bertz CT molecular complexity index is 706. The van der Waals surface area contributed by atoms with Crippen LogP contribution in [0.5, 0.6) is 5.75 Å². The fourth-order valence-corrected chi connectivity index (χ4v) is 2.80. The van der Waals surface area contributed by atoms with Gasteiger partial charge in [-0.05, 0) is 30.2 Å². The van der Waals surface area contributed by atoms with Crippen molar-refractivity contribution in [1.29, 1.82) is 0 Å². The first-order valence-electron chi connectivity index (χ1n) is 7.61. The molecule has 0 radical (unpaired) electrons. The number of hydrogen-bond donors (Lipinski definition) is 2. The van der Waals surface area contributed by atoms with Crippen molar-refractivity contribution in [2.45, 2.75) is 24.9 Å². The van der Waals surface area contributed by atoms with Gasteiger partial charge >= 0.3 is 0 Å². The summed E-state index contributed by atoms with van der Waals surface area (Å²) in [5.74, 6) is 1.78. The highest BCUT2D eigenvalue weighted by Crippen LogP contribution is 2.40. The Morgan fingerprint density at radius 1 is 1.25 bits per heavy atom. The number of para-hydroxylation sites is 1. The molecule has 0 spiro atoms. The standard InChI is InChI=1S/C18H20ClN3O.HI/c1-23-17-5-3-2-4-13(17)11-21-18(20)22-16-10-15(16)12-6-8-14(19)9-7-12;/h2-9,15-16H,10-11H2,1H3,(H3,20,21,22);1H/t15-,16+;/m0./s1. The predicted molar refractivity (Wildman–Crippen MR) is 109 cm³/mol. The van der Waals surface area contributed by atoms with Crippen LogP contribution in [0.15, 0.2) is 53.5 Å². The minimum Gasteiger partial charge on any atom is -0.496 e. The van der Waals surface area contributed by atoms with E-state index in [-0.39, 0.29) is 24.0 Å². The lowest BCUT2D eigenvalue weighted by atomic mass is 10.1. The Labute approximate surface area is 164 Å². The van der Waals surface area contributed by atoms with Gasteiger partial charge in [0.15, 0.2) is 5.96 Å². The van der Waals surface area contributed by atoms with E-state index in [1.54, 1.807) is 7.11 Å². The lowest BCUT2D eigenvalue weighted by Gasteiger charge is -2.08. The monoisotopic (exact) mass is 457 g/mol. The number of halogens is 2. The molecule has 1 fully saturated rings. The number of hydrogen-bond acceptors (Lipinski definition) is 2. The van der Waals surface area contributed by atoms with Crippen LogP contribution >= 0.6 is 35.6 Å². The van der Waals surface area contributed by atoms with Crippen molar-refractivity contribution in [2.75, 3.05) is 7.11 Å². The van der Waals surface area contributed by atoms with Crippen LogP contribution in [0.4, 0.5) is 0 Å². The maximum Gasteiger partial charge on any atom is 0.189 e. The third-order valence-corrected chi connectivity index (χ3v) is 4.29. The maximum absolute atomic E-state index is 6.00. The van der Waals surface area contributed by atoms with Gasteiger partial charge in [0, 0.05) is 22.5 Å². The number of nitrogens with two attached hydrogens (primary N) is 1. The second kappa shape index (κ2) is 8.58. The van der Waals surface area contributed by atoms with Crippen molar-refractivity contribution in [2.24, 2.45) is 10.7 Å². The zero-order valence-electron chi connectivity index (χ0n) is 13.4. The van der Waals surface area contributed by atoms with E-state index in [9.17, 15) is 0 Å². The number of methoxy groups -OCH3 is 1. The molecule has 0 unspecified atom stereocenters. The van der Waals surface area contributed by atoms with E-state index < -0.39 is 0 Å². The second-order valence-corrected chi connectivity index (χ2v) is 6.09. The Kier molecular flexibility index (Phi) is 6.74. The molecule has 1 aliphatic rings. The first-order chi connectivity index (χ1) is 11.2. The quantitative estimate of drug-likeness (QED) is 0.406. The summed E-state index contributed by atoms with van der Waals surface area (Å²) in [5, 5.41) is 4.04. The summed E-state index contributed by atoms with van der Waals surface area (Å²) in [6, 6.07) is 16.1. The fourth-order valence-electron chi connectivity index (χ4n) is 2.67. The number of nitrogens with one attached hydrogen (secondary N) is 1. The molecule has 0 aliphatic heterocycles. The highest BCUT2D eigenvalue weighted by atomic mass is 127. The van der Waals surface area contributed by atoms with Gasteiger partial charge in [-0.1, -0.05) is 41.9 Å². The SMILES string of the molecule is COc1ccccc1CN=C(N)N[C@@H]1C[C@H]1c1ccc(Cl)cc1.I. The van der Waals surface area contributed by atoms with Crippen LogP contribution in [0, 0.1) is 0 Å². The van der Waals surface area contributed by atoms with Gasteiger partial charge in [0.1, 0.15) is 5.75 Å². The molecule has 0 aromatic heterocycles. The molecule has 4 nitrogen and oxygen atoms in total. The summed E-state index contributed by atoms with van der Waals surface area (Å²) in [4.78, 5) is 4.41. The predicted octanol–water partition coefficient (Wildman–Crippen LogP) is 3.93. The van der Waals surface area contributed by atoms with E-state index in [4.69, 9.17) is 22.1 Å². The summed E-state index contributed by atoms with van der Waals surface area (Å²) in [7, 11) is 1.66. The molecule has 1 saturated carbocycles. The highest BCUT2D eigenvalue weighted by molar-refractivity contribution is 14.0. The van der Waals surface area contributed by atoms with E-state index in [0.717, 1.165) is 22.8 Å². The van der Waals surface area contributed by atoms with Crippen LogP contribution in [0.1, 0.15) is 23.5 Å². The van der Waals surface area contributed by atoms with E-state index in [2.05, 4.69) is 22.4 Å². The van der Waals surface area contributed by atoms with Gasteiger partial charge in [-0.3, -0.25) is 0 Å². The second-order valence-electron chi connectivity index (χ2n) is 5.66. The largest absolute Gasteiger partial charge is 0.496 e. The van der Waals surface area contributed by atoms with E-state index in [0.29, 0.717) is 24.5 Å². The molecule has 0 saturated heterocycles. The molecule has 0 heterocycles. The Morgan fingerprint density at radius 2 is 1.96 bits per heavy atom. The van der Waals surface area contributed by atoms with Gasteiger partial charge in [-0.15, -0.1) is 24.0 Å². The number of guanidine groups is 1. The third kappa shape index (κ3) is 4.77. The Morgan fingerprint density at radius 3 is 2.67 bits per heavy atom. The number of benzene rings is 2. The molecule has 2 atom stereocenters. The zero-order chi connectivity index (χ0) is 16.2. The average Bonchev–Trinajstić information content (AvgIpc) is 3.33. The van der Waals surface area contributed by atoms with Gasteiger partial charge in [0.25, 0.3) is 0 Å². The van der Waals surface area contributed by atoms with Crippen LogP contribution in [0.25, 0.3) is 0 Å². The van der Waals surface area contributed by atoms with Crippen LogP contribution in [0.2, 0.25) is 5.02 Å². The smallest absolute Gasteiger partial charge is 0.189 e. The maximum atomic E-state index is 6.00. The normalized spacial score (nSPS) is 19.3. The molecule has 24 heavy (non-hydrogen) atoms. The van der Waals surface area contributed by atoms with Crippen LogP contribution < -0.4 is 15.8 Å². The van der Waals surface area contributed by atoms with E-state index in [1.807, 2.05) is 36.4 Å². The van der Waals surface area contributed by atoms with Crippen molar-refractivity contribution in [1.82, 2.24) is 5.32 Å². The molecule has 6 heteroatoms. The molecule has 0 amide bonds. The van der Waals surface area contributed by atoms with Crippen molar-refractivity contribution in [3.05, 3.63) is 64.7 Å². The Hall–Kier alpha value is -1.47. The van der Waals surface area contributed by atoms with Crippen LogP contribution in [-0.4, -0.2) is 19.1 Å². The van der Waals surface area contributed by atoms with Gasteiger partial charge in [0.05, 0.1) is 13.7 Å². The lowest BCUT2D eigenvalue weighted by molar-refractivity contribution is 0.410. The molecule has 3 N–H and O–H groups in total. The van der Waals surface area contributed by atoms with Crippen LogP contribution in [0.3, 0.4) is 0 Å². The average molecular weight is 458 g/mol. The molecule has 128 valence electrons. The van der Waals surface area contributed by atoms with Gasteiger partial charge in [-0.2, -0.15) is 0 Å². The van der Waals surface area contributed by atoms with Crippen molar-refractivity contribution >= 4 is 41.5 Å². The van der Waals surface area contributed by atoms with Crippen molar-refractivity contribution in [3.63, 3.8) is 0 Å². The lowest BCUT2D eigenvalue weighted by Crippen LogP contribution is -2.34. The Balaban J connectivity index is 0.00000208. The minimum absolute atomic E-state index is 0. The number of aliphatic imine (C=N–C) groups is 1. The summed E-state index contributed by atoms with van der Waals surface area (Å²) >= 11 is 5.92. The highest BCUT2D eigenvalue weighted by Gasteiger charge is 2.38. The minimum atomic E-state index is 0. The van der Waals surface area contributed by atoms with E-state index >= 15 is 0 Å². The van der Waals surface area contributed by atoms with Gasteiger partial charge < -0.3 is 15.8 Å². The van der Waals surface area contributed by atoms with Gasteiger partial charge in [0.2, 0.25) is 0 Å². The van der Waals surface area contributed by atoms with Crippen molar-refractivity contribution in [3.8, 4) is 5.75 Å². The molecule has 1 aliphatic carbocycles. The molecule has 2 aromatic rings. The number of rotatable bonds is 5. The molecule has 2 aromatic carbocycles. The molecule has 3 rings (SSSR count). The zero-order valence-corrected chi connectivity index (χ0v) is 16.5. The molecular weight excluding hydrogens is 437 g/mol. The summed E-state index contributed by atoms with van der Waals surface area (Å²) in [5.41, 5.74) is 8.30. The van der Waals surface area contributed by atoms with Crippen LogP contribution in [-0.2, 0) is 6.54 Å². The summed E-state index contributed by atoms with van der Waals surface area (Å²) in [6.45, 7) is 0.501. The first kappa shape index (κ1) is 18.9.